The average molecular weight is 429 g/mol. The van der Waals surface area contributed by atoms with Gasteiger partial charge in [0.15, 0.2) is 0 Å². The number of rotatable bonds is 8. The number of carbonyl (C=O) groups is 1. The predicted octanol–water partition coefficient (Wildman–Crippen LogP) is 2.27. The standard InChI is InChI=1S/C22H28N4O3S/c1-16(2)26(3)15-18-9-5-4-8-17(18)14-24-21(27)12-13-23-22-19-10-6-7-11-20(19)30(28,29)25-22/h4-11,16H,12-15H2,1-3H3,(H,23,25)(H,24,27). The van der Waals surface area contributed by atoms with E-state index in [9.17, 15) is 13.2 Å². The van der Waals surface area contributed by atoms with Gasteiger partial charge in [-0.25, -0.2) is 8.42 Å². The second-order valence-corrected chi connectivity index (χ2v) is 9.29. The summed E-state index contributed by atoms with van der Waals surface area (Å²) in [5.74, 6) is 0.168. The van der Waals surface area contributed by atoms with Crippen molar-refractivity contribution in [1.82, 2.24) is 14.9 Å². The highest BCUT2D eigenvalue weighted by Gasteiger charge is 2.29. The number of aliphatic imine (C=N–C) groups is 1. The Hall–Kier alpha value is -2.71. The van der Waals surface area contributed by atoms with E-state index >= 15 is 0 Å². The summed E-state index contributed by atoms with van der Waals surface area (Å²) in [6, 6.07) is 15.2. The van der Waals surface area contributed by atoms with Crippen molar-refractivity contribution in [2.24, 2.45) is 4.99 Å². The van der Waals surface area contributed by atoms with Crippen LogP contribution in [0.15, 0.2) is 58.4 Å². The van der Waals surface area contributed by atoms with Crippen molar-refractivity contribution in [1.29, 1.82) is 0 Å². The van der Waals surface area contributed by atoms with Crippen LogP contribution in [0.4, 0.5) is 0 Å². The lowest BCUT2D eigenvalue weighted by molar-refractivity contribution is -0.121. The summed E-state index contributed by atoms with van der Waals surface area (Å²) in [4.78, 5) is 19.0. The molecule has 0 spiro atoms. The van der Waals surface area contributed by atoms with Crippen LogP contribution < -0.4 is 10.0 Å². The molecule has 0 saturated heterocycles. The van der Waals surface area contributed by atoms with Gasteiger partial charge in [0, 0.05) is 31.1 Å². The number of sulfonamides is 1. The molecule has 1 aliphatic rings. The minimum Gasteiger partial charge on any atom is -0.352 e. The number of hydrogen-bond donors (Lipinski definition) is 2. The molecule has 1 amide bonds. The maximum absolute atomic E-state index is 12.3. The number of hydrogen-bond acceptors (Lipinski definition) is 5. The molecule has 2 aromatic rings. The van der Waals surface area contributed by atoms with E-state index < -0.39 is 10.0 Å². The molecule has 0 aliphatic carbocycles. The number of carbonyl (C=O) groups excluding carboxylic acids is 1. The van der Waals surface area contributed by atoms with Crippen LogP contribution in [0.1, 0.15) is 37.0 Å². The van der Waals surface area contributed by atoms with Crippen molar-refractivity contribution in [2.45, 2.75) is 44.3 Å². The van der Waals surface area contributed by atoms with E-state index in [0.29, 0.717) is 24.0 Å². The largest absolute Gasteiger partial charge is 0.352 e. The van der Waals surface area contributed by atoms with Crippen LogP contribution in [0.5, 0.6) is 0 Å². The number of amides is 1. The number of nitrogens with one attached hydrogen (secondary N) is 2. The minimum absolute atomic E-state index is 0.125. The van der Waals surface area contributed by atoms with Gasteiger partial charge in [0.05, 0.1) is 11.4 Å². The summed E-state index contributed by atoms with van der Waals surface area (Å²) in [7, 11) is -1.48. The van der Waals surface area contributed by atoms with E-state index in [4.69, 9.17) is 0 Å². The zero-order valence-corrected chi connectivity index (χ0v) is 18.4. The predicted molar refractivity (Wildman–Crippen MR) is 118 cm³/mol. The van der Waals surface area contributed by atoms with Gasteiger partial charge in [0.1, 0.15) is 5.84 Å². The van der Waals surface area contributed by atoms with Crippen molar-refractivity contribution in [3.05, 3.63) is 65.2 Å². The fourth-order valence-electron chi connectivity index (χ4n) is 3.14. The van der Waals surface area contributed by atoms with Gasteiger partial charge in [-0.05, 0) is 44.2 Å². The van der Waals surface area contributed by atoms with Crippen LogP contribution in [0.3, 0.4) is 0 Å². The van der Waals surface area contributed by atoms with E-state index in [1.54, 1.807) is 24.3 Å². The first-order valence-electron chi connectivity index (χ1n) is 9.98. The second-order valence-electron chi connectivity index (χ2n) is 7.64. The molecule has 0 aromatic heterocycles. The topological polar surface area (TPSA) is 90.9 Å². The molecule has 7 nitrogen and oxygen atoms in total. The summed E-state index contributed by atoms with van der Waals surface area (Å²) in [5, 5.41) is 2.94. The minimum atomic E-state index is -3.56. The Kier molecular flexibility index (Phi) is 6.89. The molecule has 2 N–H and O–H groups in total. The molecular formula is C22H28N4O3S. The van der Waals surface area contributed by atoms with Crippen LogP contribution in [0, 0.1) is 0 Å². The third kappa shape index (κ3) is 5.25. The summed E-state index contributed by atoms with van der Waals surface area (Å²) in [6.07, 6.45) is 0.182. The highest BCUT2D eigenvalue weighted by Crippen LogP contribution is 2.22. The van der Waals surface area contributed by atoms with Gasteiger partial charge in [0.2, 0.25) is 5.91 Å². The van der Waals surface area contributed by atoms with Gasteiger partial charge in [-0.15, -0.1) is 0 Å². The number of benzene rings is 2. The molecular weight excluding hydrogens is 400 g/mol. The van der Waals surface area contributed by atoms with E-state index in [2.05, 4.69) is 46.9 Å². The molecule has 8 heteroatoms. The van der Waals surface area contributed by atoms with E-state index in [-0.39, 0.29) is 23.8 Å². The molecule has 30 heavy (non-hydrogen) atoms. The number of nitrogens with zero attached hydrogens (tertiary/aromatic N) is 2. The molecule has 0 unspecified atom stereocenters. The van der Waals surface area contributed by atoms with Gasteiger partial charge in [-0.3, -0.25) is 19.4 Å². The lowest BCUT2D eigenvalue weighted by atomic mass is 10.1. The van der Waals surface area contributed by atoms with Gasteiger partial charge in [-0.2, -0.15) is 0 Å². The first-order chi connectivity index (χ1) is 14.3. The van der Waals surface area contributed by atoms with Crippen LogP contribution in [-0.2, 0) is 27.9 Å². The Balaban J connectivity index is 1.55. The Bertz CT molecular complexity index is 1050. The maximum Gasteiger partial charge on any atom is 0.263 e. The quantitative estimate of drug-likeness (QED) is 0.675. The molecule has 1 aliphatic heterocycles. The lowest BCUT2D eigenvalue weighted by Gasteiger charge is -2.22. The van der Waals surface area contributed by atoms with Crippen LogP contribution in [-0.4, -0.2) is 44.7 Å². The van der Waals surface area contributed by atoms with E-state index in [1.807, 2.05) is 18.2 Å². The smallest absolute Gasteiger partial charge is 0.263 e. The SMILES string of the molecule is CC(C)N(C)Cc1ccccc1CNC(=O)CCN=C1NS(=O)(=O)c2ccccc21. The average Bonchev–Trinajstić information content (AvgIpc) is 2.98. The van der Waals surface area contributed by atoms with E-state index in [0.717, 1.165) is 12.1 Å². The molecule has 0 atom stereocenters. The number of amidine groups is 1. The van der Waals surface area contributed by atoms with Crippen molar-refractivity contribution in [3.63, 3.8) is 0 Å². The highest BCUT2D eigenvalue weighted by molar-refractivity contribution is 7.90. The highest BCUT2D eigenvalue weighted by atomic mass is 32.2. The van der Waals surface area contributed by atoms with Crippen LogP contribution in [0.25, 0.3) is 0 Å². The maximum atomic E-state index is 12.3. The summed E-state index contributed by atoms with van der Waals surface area (Å²) >= 11 is 0. The monoisotopic (exact) mass is 428 g/mol. The van der Waals surface area contributed by atoms with Gasteiger partial charge in [-0.1, -0.05) is 36.4 Å². The van der Waals surface area contributed by atoms with Crippen LogP contribution >= 0.6 is 0 Å². The Morgan fingerprint density at radius 2 is 1.77 bits per heavy atom. The first kappa shape index (κ1) is 22.0. The van der Waals surface area contributed by atoms with E-state index in [1.165, 1.54) is 5.56 Å². The normalized spacial score (nSPS) is 16.0. The molecule has 2 aromatic carbocycles. The van der Waals surface area contributed by atoms with Crippen LogP contribution in [0.2, 0.25) is 0 Å². The van der Waals surface area contributed by atoms with Crippen molar-refractivity contribution in [3.8, 4) is 0 Å². The Labute approximate surface area is 178 Å². The zero-order valence-electron chi connectivity index (χ0n) is 17.6. The molecule has 1 heterocycles. The Morgan fingerprint density at radius 3 is 2.50 bits per heavy atom. The van der Waals surface area contributed by atoms with Gasteiger partial charge < -0.3 is 5.32 Å². The summed E-state index contributed by atoms with van der Waals surface area (Å²) in [5.41, 5.74) is 2.81. The second kappa shape index (κ2) is 9.40. The van der Waals surface area contributed by atoms with Crippen molar-refractivity contribution in [2.75, 3.05) is 13.6 Å². The van der Waals surface area contributed by atoms with Crippen molar-refractivity contribution < 1.29 is 13.2 Å². The fraction of sp³-hybridized carbons (Fsp3) is 0.364. The van der Waals surface area contributed by atoms with Gasteiger partial charge >= 0.3 is 0 Å². The fourth-order valence-corrected chi connectivity index (χ4v) is 4.39. The summed E-state index contributed by atoms with van der Waals surface area (Å²) < 4.78 is 26.6. The number of fused-ring (bicyclic) bond motifs is 1. The molecule has 0 bridgehead atoms. The third-order valence-corrected chi connectivity index (χ3v) is 6.56. The van der Waals surface area contributed by atoms with Gasteiger partial charge in [0.25, 0.3) is 10.0 Å². The molecule has 0 fully saturated rings. The molecule has 0 saturated carbocycles. The molecule has 3 rings (SSSR count). The zero-order chi connectivity index (χ0) is 21.7. The summed E-state index contributed by atoms with van der Waals surface area (Å²) in [6.45, 7) is 5.77. The first-order valence-corrected chi connectivity index (χ1v) is 11.5. The molecule has 0 radical (unpaired) electrons. The lowest BCUT2D eigenvalue weighted by Crippen LogP contribution is -2.28. The third-order valence-electron chi connectivity index (χ3n) is 5.17. The van der Waals surface area contributed by atoms with Crippen molar-refractivity contribution >= 4 is 21.8 Å². The molecule has 160 valence electrons. The Morgan fingerprint density at radius 1 is 1.10 bits per heavy atom.